The van der Waals surface area contributed by atoms with Gasteiger partial charge in [0.1, 0.15) is 12.0 Å². The number of aliphatic hydroxyl groups is 2. The predicted octanol–water partition coefficient (Wildman–Crippen LogP) is 4.62. The molecular weight excluding hydrogens is 457 g/mol. The number of ether oxygens (including phenoxy) is 1. The van der Waals surface area contributed by atoms with Crippen molar-refractivity contribution in [1.82, 2.24) is 14.8 Å². The van der Waals surface area contributed by atoms with Crippen LogP contribution in [0, 0.1) is 17.2 Å². The average Bonchev–Trinajstić information content (AvgIpc) is 3.36. The van der Waals surface area contributed by atoms with Crippen molar-refractivity contribution < 1.29 is 19.3 Å². The highest BCUT2D eigenvalue weighted by atomic mass is 19.1. The summed E-state index contributed by atoms with van der Waals surface area (Å²) in [6.07, 6.45) is 8.94. The summed E-state index contributed by atoms with van der Waals surface area (Å²) in [5.41, 5.74) is 2.16. The number of aliphatic hydroxyl groups excluding tert-OH is 2. The van der Waals surface area contributed by atoms with Gasteiger partial charge in [-0.05, 0) is 80.6 Å². The molecule has 196 valence electrons. The number of hydrogen-bond donors (Lipinski definition) is 2. The maximum absolute atomic E-state index is 15.0. The molecule has 2 N–H and O–H groups in total. The van der Waals surface area contributed by atoms with Crippen LogP contribution in [0.3, 0.4) is 0 Å². The summed E-state index contributed by atoms with van der Waals surface area (Å²) in [6.45, 7) is 7.32. The van der Waals surface area contributed by atoms with Gasteiger partial charge in [-0.1, -0.05) is 25.5 Å². The zero-order valence-electron chi connectivity index (χ0n) is 21.4. The van der Waals surface area contributed by atoms with E-state index in [1.165, 1.54) is 31.9 Å². The van der Waals surface area contributed by atoms with E-state index in [0.717, 1.165) is 38.8 Å². The molecule has 3 aliphatic rings. The fourth-order valence-corrected chi connectivity index (χ4v) is 6.11. The Morgan fingerprint density at radius 3 is 2.56 bits per heavy atom. The first kappa shape index (κ1) is 25.6. The summed E-state index contributed by atoms with van der Waals surface area (Å²) in [4.78, 5) is 8.88. The molecule has 0 amide bonds. The molecule has 2 atom stereocenters. The summed E-state index contributed by atoms with van der Waals surface area (Å²) in [6, 6.07) is 8.38. The number of benzene rings is 1. The molecule has 1 saturated carbocycles. The van der Waals surface area contributed by atoms with Crippen LogP contribution in [0.4, 0.5) is 4.39 Å². The van der Waals surface area contributed by atoms with Crippen LogP contribution in [-0.2, 0) is 0 Å². The lowest BCUT2D eigenvalue weighted by Gasteiger charge is -2.44. The Bertz CT molecular complexity index is 1010. The standard InChI is InChI=1S/C29H40FN3O3/c1-29(11-3-12-29)20-32-14-9-21(10-15-32)19-36-27-8-6-23(17-31-27)25-7-5-22(16-26(25)30)28(35)33-13-2-4-24(33)18-34/h5-8,16-17,21,24,28,34-35H,2-4,9-15,18-20H2,1H3/t24-,28?/m1/s1. The second kappa shape index (κ2) is 11.1. The van der Waals surface area contributed by atoms with Gasteiger partial charge in [-0.25, -0.2) is 9.37 Å². The maximum atomic E-state index is 15.0. The Morgan fingerprint density at radius 2 is 1.92 bits per heavy atom. The van der Waals surface area contributed by atoms with E-state index >= 15 is 0 Å². The molecule has 3 fully saturated rings. The number of hydrogen-bond acceptors (Lipinski definition) is 6. The molecule has 2 aromatic rings. The van der Waals surface area contributed by atoms with Gasteiger partial charge in [0.2, 0.25) is 5.88 Å². The van der Waals surface area contributed by atoms with Crippen LogP contribution >= 0.6 is 0 Å². The average molecular weight is 498 g/mol. The number of halogens is 1. The number of aromatic nitrogens is 1. The Balaban J connectivity index is 1.12. The molecule has 36 heavy (non-hydrogen) atoms. The van der Waals surface area contributed by atoms with Gasteiger partial charge in [-0.15, -0.1) is 0 Å². The quantitative estimate of drug-likeness (QED) is 0.527. The van der Waals surface area contributed by atoms with Crippen LogP contribution in [0.15, 0.2) is 36.5 Å². The van der Waals surface area contributed by atoms with E-state index in [9.17, 15) is 14.6 Å². The fourth-order valence-electron chi connectivity index (χ4n) is 6.11. The molecule has 1 aromatic carbocycles. The number of rotatable bonds is 9. The molecule has 0 radical (unpaired) electrons. The lowest BCUT2D eigenvalue weighted by molar-refractivity contribution is -0.0205. The number of piperidine rings is 1. The number of pyridine rings is 1. The third-order valence-electron chi connectivity index (χ3n) is 8.63. The summed E-state index contributed by atoms with van der Waals surface area (Å²) in [5.74, 6) is 0.721. The molecule has 7 heteroatoms. The van der Waals surface area contributed by atoms with Crippen molar-refractivity contribution in [3.8, 4) is 17.0 Å². The van der Waals surface area contributed by atoms with Gasteiger partial charge in [0.05, 0.1) is 13.2 Å². The van der Waals surface area contributed by atoms with Crippen molar-refractivity contribution in [2.24, 2.45) is 11.3 Å². The third-order valence-corrected chi connectivity index (χ3v) is 8.63. The minimum atomic E-state index is -0.921. The summed E-state index contributed by atoms with van der Waals surface area (Å²) >= 11 is 0. The van der Waals surface area contributed by atoms with Crippen molar-refractivity contribution in [1.29, 1.82) is 0 Å². The zero-order chi connectivity index (χ0) is 25.1. The molecule has 5 rings (SSSR count). The van der Waals surface area contributed by atoms with Gasteiger partial charge in [0, 0.05) is 42.5 Å². The molecule has 1 unspecified atom stereocenters. The van der Waals surface area contributed by atoms with Crippen molar-refractivity contribution >= 4 is 0 Å². The van der Waals surface area contributed by atoms with Crippen molar-refractivity contribution in [2.75, 3.05) is 39.4 Å². The summed E-state index contributed by atoms with van der Waals surface area (Å²) in [5, 5.41) is 20.2. The van der Waals surface area contributed by atoms with E-state index in [-0.39, 0.29) is 12.6 Å². The highest BCUT2D eigenvalue weighted by molar-refractivity contribution is 5.64. The lowest BCUT2D eigenvalue weighted by atomic mass is 9.70. The van der Waals surface area contributed by atoms with Gasteiger partial charge >= 0.3 is 0 Å². The predicted molar refractivity (Wildman–Crippen MR) is 138 cm³/mol. The van der Waals surface area contributed by atoms with Crippen molar-refractivity contribution in [3.05, 3.63) is 47.9 Å². The Hall–Kier alpha value is -2.06. The first-order chi connectivity index (χ1) is 17.4. The van der Waals surface area contributed by atoms with E-state index in [4.69, 9.17) is 4.74 Å². The normalized spacial score (nSPS) is 23.9. The van der Waals surface area contributed by atoms with Crippen LogP contribution < -0.4 is 4.74 Å². The Kier molecular flexibility index (Phi) is 7.91. The smallest absolute Gasteiger partial charge is 0.213 e. The molecule has 0 spiro atoms. The Morgan fingerprint density at radius 1 is 1.11 bits per heavy atom. The van der Waals surface area contributed by atoms with Crippen LogP contribution in [0.5, 0.6) is 5.88 Å². The highest BCUT2D eigenvalue weighted by Crippen LogP contribution is 2.41. The second-order valence-corrected chi connectivity index (χ2v) is 11.4. The van der Waals surface area contributed by atoms with Crippen LogP contribution in [0.25, 0.3) is 11.1 Å². The molecule has 1 aromatic heterocycles. The van der Waals surface area contributed by atoms with Gasteiger partial charge in [0.25, 0.3) is 0 Å². The van der Waals surface area contributed by atoms with Gasteiger partial charge in [-0.3, -0.25) is 4.90 Å². The minimum absolute atomic E-state index is 0.00358. The molecule has 6 nitrogen and oxygen atoms in total. The van der Waals surface area contributed by atoms with E-state index < -0.39 is 12.0 Å². The molecular formula is C29H40FN3O3. The van der Waals surface area contributed by atoms with Crippen molar-refractivity contribution in [3.63, 3.8) is 0 Å². The van der Waals surface area contributed by atoms with Gasteiger partial charge in [-0.2, -0.15) is 0 Å². The summed E-state index contributed by atoms with van der Waals surface area (Å²) < 4.78 is 21.0. The molecule has 3 heterocycles. The van der Waals surface area contributed by atoms with E-state index in [1.807, 2.05) is 11.0 Å². The van der Waals surface area contributed by atoms with Gasteiger partial charge in [0.15, 0.2) is 0 Å². The first-order valence-electron chi connectivity index (χ1n) is 13.6. The second-order valence-electron chi connectivity index (χ2n) is 11.4. The number of likely N-dealkylation sites (tertiary alicyclic amines) is 2. The first-order valence-corrected chi connectivity index (χ1v) is 13.6. The van der Waals surface area contributed by atoms with Crippen molar-refractivity contribution in [2.45, 2.75) is 64.1 Å². The molecule has 1 aliphatic carbocycles. The van der Waals surface area contributed by atoms with E-state index in [0.29, 0.717) is 47.1 Å². The molecule has 0 bridgehead atoms. The summed E-state index contributed by atoms with van der Waals surface area (Å²) in [7, 11) is 0. The third kappa shape index (κ3) is 5.75. The van der Waals surface area contributed by atoms with E-state index in [1.54, 1.807) is 24.4 Å². The topological polar surface area (TPSA) is 69.1 Å². The minimum Gasteiger partial charge on any atom is -0.477 e. The maximum Gasteiger partial charge on any atom is 0.213 e. The molecule has 2 aliphatic heterocycles. The fraction of sp³-hybridized carbons (Fsp3) is 0.621. The SMILES string of the molecule is CC1(CN2CCC(COc3ccc(-c4ccc(C(O)N5CCC[C@@H]5CO)cc4F)cn3)CC2)CCC1. The number of nitrogens with zero attached hydrogens (tertiary/aromatic N) is 3. The zero-order valence-corrected chi connectivity index (χ0v) is 21.4. The highest BCUT2D eigenvalue weighted by Gasteiger charge is 2.34. The molecule has 2 saturated heterocycles. The van der Waals surface area contributed by atoms with E-state index in [2.05, 4.69) is 16.8 Å². The van der Waals surface area contributed by atoms with Crippen LogP contribution in [-0.4, -0.2) is 70.4 Å². The Labute approximate surface area is 214 Å². The lowest BCUT2D eigenvalue weighted by Crippen LogP contribution is -2.44. The van der Waals surface area contributed by atoms with Crippen LogP contribution in [0.1, 0.15) is 63.7 Å². The monoisotopic (exact) mass is 497 g/mol. The van der Waals surface area contributed by atoms with Crippen LogP contribution in [0.2, 0.25) is 0 Å². The largest absolute Gasteiger partial charge is 0.477 e. The van der Waals surface area contributed by atoms with Gasteiger partial charge < -0.3 is 19.8 Å².